The van der Waals surface area contributed by atoms with Crippen LogP contribution < -0.4 is 0 Å². The van der Waals surface area contributed by atoms with Crippen molar-refractivity contribution in [2.24, 2.45) is 0 Å². The van der Waals surface area contributed by atoms with Gasteiger partial charge in [-0.25, -0.2) is 4.39 Å². The van der Waals surface area contributed by atoms with Crippen molar-refractivity contribution in [3.8, 4) is 22.3 Å². The number of halogens is 1. The molecule has 0 amide bonds. The molecule has 1 heteroatoms. The Morgan fingerprint density at radius 2 is 0.886 bits per heavy atom. The molecule has 0 bridgehead atoms. The molecule has 0 aliphatic carbocycles. The first kappa shape index (κ1) is 19.9. The highest BCUT2D eigenvalue weighted by Crippen LogP contribution is 2.41. The van der Waals surface area contributed by atoms with E-state index in [2.05, 4.69) is 103 Å². The average molecular weight is 449 g/mol. The van der Waals surface area contributed by atoms with Crippen LogP contribution in [0, 0.1) is 5.82 Å². The highest BCUT2D eigenvalue weighted by Gasteiger charge is 2.14. The van der Waals surface area contributed by atoms with E-state index < -0.39 is 0 Å². The Balaban J connectivity index is 1.58. The second-order valence-electron chi connectivity index (χ2n) is 9.07. The third-order valence-corrected chi connectivity index (χ3v) is 7.12. The Labute approximate surface area is 202 Å². The van der Waals surface area contributed by atoms with Crippen LogP contribution in [0.15, 0.2) is 127 Å². The summed E-state index contributed by atoms with van der Waals surface area (Å²) in [6.45, 7) is 0. The first-order valence-electron chi connectivity index (χ1n) is 11.9. The van der Waals surface area contributed by atoms with Gasteiger partial charge in [0.25, 0.3) is 0 Å². The lowest BCUT2D eigenvalue weighted by atomic mass is 9.87. The van der Waals surface area contributed by atoms with Crippen LogP contribution in [0.4, 0.5) is 4.39 Å². The van der Waals surface area contributed by atoms with Gasteiger partial charge in [-0.1, -0.05) is 109 Å². The summed E-state index contributed by atoms with van der Waals surface area (Å²) in [7, 11) is 0. The van der Waals surface area contributed by atoms with E-state index in [1.807, 2.05) is 12.1 Å². The molecule has 0 radical (unpaired) electrons. The Hall–Kier alpha value is -4.49. The van der Waals surface area contributed by atoms with Crippen LogP contribution in [0.2, 0.25) is 0 Å². The summed E-state index contributed by atoms with van der Waals surface area (Å²) in [6, 6.07) is 43.7. The normalized spacial score (nSPS) is 11.6. The largest absolute Gasteiger partial charge is 0.207 e. The SMILES string of the molecule is Fc1ccc(-c2c(-c3ccc4c5ccccc5c5ccccc5c4c3)ccc3ccccc23)cc1. The summed E-state index contributed by atoms with van der Waals surface area (Å²) in [4.78, 5) is 0. The summed E-state index contributed by atoms with van der Waals surface area (Å²) < 4.78 is 13.8. The molecule has 7 aromatic carbocycles. The number of hydrogen-bond acceptors (Lipinski definition) is 0. The van der Waals surface area contributed by atoms with Gasteiger partial charge in [-0.05, 0) is 83.5 Å². The number of benzene rings is 7. The molecule has 0 fully saturated rings. The van der Waals surface area contributed by atoms with Crippen molar-refractivity contribution in [3.63, 3.8) is 0 Å². The van der Waals surface area contributed by atoms with E-state index in [0.29, 0.717) is 0 Å². The quantitative estimate of drug-likeness (QED) is 0.231. The van der Waals surface area contributed by atoms with E-state index in [9.17, 15) is 4.39 Å². The van der Waals surface area contributed by atoms with Gasteiger partial charge < -0.3 is 0 Å². The molecule has 0 aromatic heterocycles. The summed E-state index contributed by atoms with van der Waals surface area (Å²) in [5, 5.41) is 9.92. The van der Waals surface area contributed by atoms with Crippen molar-refractivity contribution in [2.45, 2.75) is 0 Å². The zero-order valence-corrected chi connectivity index (χ0v) is 19.0. The van der Waals surface area contributed by atoms with Crippen molar-refractivity contribution in [1.82, 2.24) is 0 Å². The first-order valence-corrected chi connectivity index (χ1v) is 11.9. The maximum atomic E-state index is 13.8. The minimum atomic E-state index is -0.223. The molecule has 35 heavy (non-hydrogen) atoms. The fourth-order valence-corrected chi connectivity index (χ4v) is 5.51. The fraction of sp³-hybridized carbons (Fsp3) is 0. The molecule has 0 heterocycles. The monoisotopic (exact) mass is 448 g/mol. The molecule has 0 atom stereocenters. The maximum Gasteiger partial charge on any atom is 0.123 e. The van der Waals surface area contributed by atoms with Gasteiger partial charge >= 0.3 is 0 Å². The molecule has 0 aliphatic rings. The second kappa shape index (κ2) is 7.78. The lowest BCUT2D eigenvalue weighted by Gasteiger charge is -2.16. The highest BCUT2D eigenvalue weighted by molar-refractivity contribution is 6.26. The topological polar surface area (TPSA) is 0 Å². The van der Waals surface area contributed by atoms with Crippen molar-refractivity contribution in [3.05, 3.63) is 133 Å². The van der Waals surface area contributed by atoms with Gasteiger partial charge in [0.2, 0.25) is 0 Å². The van der Waals surface area contributed by atoms with Crippen molar-refractivity contribution in [2.75, 3.05) is 0 Å². The van der Waals surface area contributed by atoms with Crippen LogP contribution >= 0.6 is 0 Å². The standard InChI is InChI=1S/C34H21F/c35-25-17-13-23(14-18-25)34-26-8-2-1-7-22(26)15-19-27(34)24-16-20-32-30-11-4-3-9-28(30)29-10-5-6-12-31(29)33(32)21-24/h1-21H. The van der Waals surface area contributed by atoms with Gasteiger partial charge in [-0.2, -0.15) is 0 Å². The van der Waals surface area contributed by atoms with Crippen LogP contribution in [0.3, 0.4) is 0 Å². The molecule has 0 saturated carbocycles. The molecular weight excluding hydrogens is 427 g/mol. The van der Waals surface area contributed by atoms with Gasteiger partial charge in [0.05, 0.1) is 0 Å². The van der Waals surface area contributed by atoms with E-state index in [4.69, 9.17) is 0 Å². The summed E-state index contributed by atoms with van der Waals surface area (Å²) in [5.41, 5.74) is 4.45. The van der Waals surface area contributed by atoms with Crippen molar-refractivity contribution >= 4 is 43.1 Å². The van der Waals surface area contributed by atoms with Gasteiger partial charge in [0, 0.05) is 0 Å². The number of rotatable bonds is 2. The van der Waals surface area contributed by atoms with E-state index in [1.165, 1.54) is 43.1 Å². The molecular formula is C34H21F. The summed E-state index contributed by atoms with van der Waals surface area (Å²) in [5.74, 6) is -0.223. The smallest absolute Gasteiger partial charge is 0.123 e. The van der Waals surface area contributed by atoms with Crippen LogP contribution in [-0.4, -0.2) is 0 Å². The Bertz CT molecular complexity index is 1860. The van der Waals surface area contributed by atoms with Crippen LogP contribution in [0.1, 0.15) is 0 Å². The summed E-state index contributed by atoms with van der Waals surface area (Å²) in [6.07, 6.45) is 0. The molecule has 164 valence electrons. The molecule has 0 aliphatic heterocycles. The molecule has 7 rings (SSSR count). The minimum absolute atomic E-state index is 0.223. The maximum absolute atomic E-state index is 13.8. The van der Waals surface area contributed by atoms with Gasteiger partial charge in [0.15, 0.2) is 0 Å². The Kier molecular flexibility index (Phi) is 4.43. The zero-order valence-electron chi connectivity index (χ0n) is 19.0. The molecule has 0 spiro atoms. The highest BCUT2D eigenvalue weighted by atomic mass is 19.1. The van der Waals surface area contributed by atoms with Gasteiger partial charge in [0.1, 0.15) is 5.82 Å². The average Bonchev–Trinajstić information content (AvgIpc) is 2.93. The lowest BCUT2D eigenvalue weighted by molar-refractivity contribution is 0.628. The predicted octanol–water partition coefficient (Wildman–Crippen LogP) is 9.77. The number of hydrogen-bond donors (Lipinski definition) is 0. The fourth-order valence-electron chi connectivity index (χ4n) is 5.51. The first-order chi connectivity index (χ1) is 17.3. The third-order valence-electron chi connectivity index (χ3n) is 7.12. The third kappa shape index (κ3) is 3.13. The molecule has 0 unspecified atom stereocenters. The Morgan fingerprint density at radius 3 is 1.54 bits per heavy atom. The summed E-state index contributed by atoms with van der Waals surface area (Å²) >= 11 is 0. The molecule has 7 aromatic rings. The van der Waals surface area contributed by atoms with Crippen molar-refractivity contribution in [1.29, 1.82) is 0 Å². The molecule has 0 saturated heterocycles. The van der Waals surface area contributed by atoms with Crippen LogP contribution in [0.5, 0.6) is 0 Å². The van der Waals surface area contributed by atoms with Gasteiger partial charge in [-0.3, -0.25) is 0 Å². The second-order valence-corrected chi connectivity index (χ2v) is 9.07. The van der Waals surface area contributed by atoms with E-state index in [-0.39, 0.29) is 5.82 Å². The molecule has 0 nitrogen and oxygen atoms in total. The molecule has 0 N–H and O–H groups in total. The van der Waals surface area contributed by atoms with E-state index >= 15 is 0 Å². The lowest BCUT2D eigenvalue weighted by Crippen LogP contribution is -1.90. The van der Waals surface area contributed by atoms with E-state index in [0.717, 1.165) is 22.3 Å². The zero-order chi connectivity index (χ0) is 23.4. The van der Waals surface area contributed by atoms with Crippen LogP contribution in [-0.2, 0) is 0 Å². The Morgan fingerprint density at radius 1 is 0.371 bits per heavy atom. The number of fused-ring (bicyclic) bond motifs is 7. The van der Waals surface area contributed by atoms with Crippen LogP contribution in [0.25, 0.3) is 65.3 Å². The van der Waals surface area contributed by atoms with Crippen molar-refractivity contribution < 1.29 is 4.39 Å². The van der Waals surface area contributed by atoms with E-state index in [1.54, 1.807) is 12.1 Å². The predicted molar refractivity (Wildman–Crippen MR) is 147 cm³/mol. The van der Waals surface area contributed by atoms with Gasteiger partial charge in [-0.15, -0.1) is 0 Å². The minimum Gasteiger partial charge on any atom is -0.207 e.